The number of rotatable bonds is 7. The number of anilines is 2. The molecule has 1 unspecified atom stereocenters. The van der Waals surface area contributed by atoms with E-state index < -0.39 is 11.9 Å². The highest BCUT2D eigenvalue weighted by atomic mass is 35.5. The Balaban J connectivity index is 1.50. The zero-order chi connectivity index (χ0) is 25.7. The van der Waals surface area contributed by atoms with Crippen LogP contribution in [0, 0.1) is 11.4 Å². The lowest BCUT2D eigenvalue weighted by atomic mass is 10.0. The molecule has 0 radical (unpaired) electrons. The van der Waals surface area contributed by atoms with Gasteiger partial charge in [-0.1, -0.05) is 24.2 Å². The molecule has 0 saturated carbocycles. The van der Waals surface area contributed by atoms with Gasteiger partial charge in [0.15, 0.2) is 0 Å². The molecule has 0 aromatic carbocycles. The number of pyridine rings is 2. The van der Waals surface area contributed by atoms with Crippen molar-refractivity contribution in [3.8, 4) is 0 Å². The second kappa shape index (κ2) is 11.0. The van der Waals surface area contributed by atoms with Crippen molar-refractivity contribution in [2.45, 2.75) is 18.9 Å². The van der Waals surface area contributed by atoms with Crippen LogP contribution in [-0.2, 0) is 4.79 Å². The van der Waals surface area contributed by atoms with Gasteiger partial charge in [-0.25, -0.2) is 15.0 Å². The van der Waals surface area contributed by atoms with Crippen LogP contribution in [0.15, 0.2) is 55.6 Å². The summed E-state index contributed by atoms with van der Waals surface area (Å²) in [6, 6.07) is 3.93. The average molecular weight is 509 g/mol. The van der Waals surface area contributed by atoms with Crippen LogP contribution < -0.4 is 10.6 Å². The summed E-state index contributed by atoms with van der Waals surface area (Å²) in [5, 5.41) is 14.8. The minimum Gasteiger partial charge on any atom is -0.379 e. The standard InChI is InChI=1S/C24H22ClFN8O2/c1-2-20(35)34-8-4-5-15(13-34)31-22-16(11-28-12-17(22)25)21(27)14-9-29-23(30-10-14)24(36)33-19-7-3-6-18(26)32-19/h2-3,6-7,9-12,15,27H,1,4-5,8,13H2,(H,28,31)(H,32,33,36). The van der Waals surface area contributed by atoms with Gasteiger partial charge >= 0.3 is 0 Å². The van der Waals surface area contributed by atoms with E-state index in [9.17, 15) is 14.0 Å². The Labute approximate surface area is 211 Å². The van der Waals surface area contributed by atoms with Gasteiger partial charge in [-0.2, -0.15) is 4.39 Å². The molecule has 1 aliphatic rings. The summed E-state index contributed by atoms with van der Waals surface area (Å²) in [7, 11) is 0. The number of halogens is 2. The Kier molecular flexibility index (Phi) is 7.59. The maximum absolute atomic E-state index is 13.2. The quantitative estimate of drug-likeness (QED) is 0.253. The number of aromatic nitrogens is 4. The zero-order valence-corrected chi connectivity index (χ0v) is 19.8. The van der Waals surface area contributed by atoms with Crippen molar-refractivity contribution in [3.63, 3.8) is 0 Å². The molecule has 3 aromatic rings. The fraction of sp³-hybridized carbons (Fsp3) is 0.208. The molecule has 10 nitrogen and oxygen atoms in total. The predicted molar refractivity (Wildman–Crippen MR) is 133 cm³/mol. The molecule has 3 aromatic heterocycles. The van der Waals surface area contributed by atoms with E-state index in [0.29, 0.717) is 34.9 Å². The Bertz CT molecular complexity index is 1320. The van der Waals surface area contributed by atoms with Gasteiger partial charge in [0, 0.05) is 55.0 Å². The lowest BCUT2D eigenvalue weighted by Crippen LogP contribution is -2.44. The molecule has 4 heterocycles. The number of piperidine rings is 1. The van der Waals surface area contributed by atoms with Gasteiger partial charge in [-0.15, -0.1) is 0 Å². The molecule has 1 fully saturated rings. The van der Waals surface area contributed by atoms with E-state index in [4.69, 9.17) is 17.0 Å². The van der Waals surface area contributed by atoms with Crippen LogP contribution in [0.1, 0.15) is 34.6 Å². The first-order valence-corrected chi connectivity index (χ1v) is 11.4. The highest BCUT2D eigenvalue weighted by molar-refractivity contribution is 6.34. The summed E-state index contributed by atoms with van der Waals surface area (Å²) >= 11 is 6.43. The van der Waals surface area contributed by atoms with Crippen LogP contribution in [0.25, 0.3) is 0 Å². The smallest absolute Gasteiger partial charge is 0.294 e. The van der Waals surface area contributed by atoms with Crippen molar-refractivity contribution in [2.75, 3.05) is 23.7 Å². The normalized spacial score (nSPS) is 15.2. The minimum atomic E-state index is -0.731. The van der Waals surface area contributed by atoms with Crippen LogP contribution in [-0.4, -0.2) is 61.5 Å². The number of hydrogen-bond donors (Lipinski definition) is 3. The molecular weight excluding hydrogens is 487 g/mol. The third kappa shape index (κ3) is 5.69. The van der Waals surface area contributed by atoms with Crippen LogP contribution in [0.3, 0.4) is 0 Å². The zero-order valence-electron chi connectivity index (χ0n) is 19.0. The second-order valence-corrected chi connectivity index (χ2v) is 8.39. The first kappa shape index (κ1) is 24.9. The van der Waals surface area contributed by atoms with Gasteiger partial charge in [0.2, 0.25) is 17.7 Å². The van der Waals surface area contributed by atoms with E-state index >= 15 is 0 Å². The molecule has 0 aliphatic carbocycles. The van der Waals surface area contributed by atoms with Gasteiger partial charge in [0.1, 0.15) is 5.82 Å². The highest BCUT2D eigenvalue weighted by Gasteiger charge is 2.24. The van der Waals surface area contributed by atoms with Gasteiger partial charge in [0.05, 0.1) is 16.4 Å². The molecule has 0 spiro atoms. The van der Waals surface area contributed by atoms with E-state index in [0.717, 1.165) is 18.9 Å². The first-order valence-electron chi connectivity index (χ1n) is 11.0. The lowest BCUT2D eigenvalue weighted by molar-refractivity contribution is -0.127. The summed E-state index contributed by atoms with van der Waals surface area (Å²) in [5.41, 5.74) is 1.30. The van der Waals surface area contributed by atoms with Crippen LogP contribution in [0.4, 0.5) is 15.9 Å². The van der Waals surface area contributed by atoms with Gasteiger partial charge in [-0.05, 0) is 31.1 Å². The van der Waals surface area contributed by atoms with Crippen molar-refractivity contribution in [1.82, 2.24) is 24.8 Å². The number of likely N-dealkylation sites (tertiary alicyclic amines) is 1. The van der Waals surface area contributed by atoms with Gasteiger partial charge in [-0.3, -0.25) is 20.0 Å². The van der Waals surface area contributed by atoms with E-state index in [1.54, 1.807) is 4.90 Å². The van der Waals surface area contributed by atoms with Gasteiger partial charge < -0.3 is 15.5 Å². The monoisotopic (exact) mass is 508 g/mol. The fourth-order valence-corrected chi connectivity index (χ4v) is 3.99. The van der Waals surface area contributed by atoms with Crippen molar-refractivity contribution < 1.29 is 14.0 Å². The summed E-state index contributed by atoms with van der Waals surface area (Å²) in [6.07, 6.45) is 8.57. The van der Waals surface area contributed by atoms with Crippen molar-refractivity contribution in [2.24, 2.45) is 0 Å². The van der Waals surface area contributed by atoms with E-state index in [1.165, 1.54) is 43.0 Å². The Morgan fingerprint density at radius 2 is 2.00 bits per heavy atom. The number of hydrogen-bond acceptors (Lipinski definition) is 8. The molecular formula is C24H22ClFN8O2. The molecule has 3 N–H and O–H groups in total. The number of nitrogens with zero attached hydrogens (tertiary/aromatic N) is 5. The van der Waals surface area contributed by atoms with Crippen LogP contribution in [0.2, 0.25) is 5.02 Å². The topological polar surface area (TPSA) is 137 Å². The Morgan fingerprint density at radius 3 is 2.72 bits per heavy atom. The van der Waals surface area contributed by atoms with Gasteiger partial charge in [0.25, 0.3) is 5.91 Å². The molecule has 1 atom stereocenters. The summed E-state index contributed by atoms with van der Waals surface area (Å²) in [6.45, 7) is 4.68. The first-order chi connectivity index (χ1) is 17.4. The van der Waals surface area contributed by atoms with E-state index in [1.807, 2.05) is 0 Å². The third-order valence-electron chi connectivity index (χ3n) is 5.53. The Morgan fingerprint density at radius 1 is 1.22 bits per heavy atom. The highest BCUT2D eigenvalue weighted by Crippen LogP contribution is 2.29. The molecule has 1 saturated heterocycles. The van der Waals surface area contributed by atoms with Crippen molar-refractivity contribution in [1.29, 1.82) is 5.41 Å². The number of nitrogens with one attached hydrogen (secondary N) is 3. The van der Waals surface area contributed by atoms with E-state index in [2.05, 4.69) is 37.1 Å². The predicted octanol–water partition coefficient (Wildman–Crippen LogP) is 3.32. The summed E-state index contributed by atoms with van der Waals surface area (Å²) in [4.78, 5) is 41.9. The average Bonchev–Trinajstić information content (AvgIpc) is 2.89. The molecule has 2 amide bonds. The maximum Gasteiger partial charge on any atom is 0.294 e. The number of carbonyl (C=O) groups excluding carboxylic acids is 2. The Hall–Kier alpha value is -4.25. The molecule has 0 bridgehead atoms. The second-order valence-electron chi connectivity index (χ2n) is 7.99. The number of carbonyl (C=O) groups is 2. The van der Waals surface area contributed by atoms with Crippen molar-refractivity contribution >= 4 is 40.6 Å². The largest absolute Gasteiger partial charge is 0.379 e. The molecule has 1 aliphatic heterocycles. The SMILES string of the molecule is C=CC(=O)N1CCCC(Nc2c(Cl)cncc2C(=N)c2cnc(C(=O)Nc3cccc(F)n3)nc2)C1. The summed E-state index contributed by atoms with van der Waals surface area (Å²) < 4.78 is 13.2. The molecule has 12 heteroatoms. The molecule has 4 rings (SSSR count). The van der Waals surface area contributed by atoms with Crippen LogP contribution >= 0.6 is 11.6 Å². The maximum atomic E-state index is 13.2. The number of amides is 2. The third-order valence-corrected chi connectivity index (χ3v) is 5.81. The molecule has 184 valence electrons. The summed E-state index contributed by atoms with van der Waals surface area (Å²) in [5.74, 6) is -1.68. The van der Waals surface area contributed by atoms with Crippen LogP contribution in [0.5, 0.6) is 0 Å². The van der Waals surface area contributed by atoms with E-state index in [-0.39, 0.29) is 29.3 Å². The van der Waals surface area contributed by atoms with Crippen molar-refractivity contribution in [3.05, 3.63) is 83.6 Å². The fourth-order valence-electron chi connectivity index (χ4n) is 3.78. The molecule has 36 heavy (non-hydrogen) atoms. The minimum absolute atomic E-state index is 0.0252. The lowest BCUT2D eigenvalue weighted by Gasteiger charge is -2.33.